The van der Waals surface area contributed by atoms with Crippen molar-refractivity contribution in [2.24, 2.45) is 0 Å². The number of hydrogen-bond donors (Lipinski definition) is 1. The number of alkyl halides is 3. The molecule has 1 N–H and O–H groups in total. The molecule has 1 amide bonds. The molecule has 1 rings (SSSR count). The Morgan fingerprint density at radius 1 is 1.33 bits per heavy atom. The van der Waals surface area contributed by atoms with Crippen LogP contribution in [-0.4, -0.2) is 37.5 Å². The van der Waals surface area contributed by atoms with Gasteiger partial charge in [-0.2, -0.15) is 17.5 Å². The van der Waals surface area contributed by atoms with Crippen LogP contribution in [0.3, 0.4) is 0 Å². The van der Waals surface area contributed by atoms with E-state index in [1.807, 2.05) is 0 Å². The van der Waals surface area contributed by atoms with E-state index in [9.17, 15) is 26.4 Å². The summed E-state index contributed by atoms with van der Waals surface area (Å²) in [5.41, 5.74) is -1.12. The van der Waals surface area contributed by atoms with Gasteiger partial charge in [0.05, 0.1) is 16.8 Å². The number of amides is 1. The van der Waals surface area contributed by atoms with E-state index in [2.05, 4.69) is 5.32 Å². The van der Waals surface area contributed by atoms with E-state index in [0.717, 1.165) is 22.7 Å². The predicted octanol–water partition coefficient (Wildman–Crippen LogP) is 3.36. The minimum atomic E-state index is -4.64. The Bertz CT molecular complexity index is 706. The molecule has 5 nitrogen and oxygen atoms in total. The van der Waals surface area contributed by atoms with E-state index < -0.39 is 32.7 Å². The SMILES string of the molecule is CC(C)N(CCC(=O)Nc1ccc(Cl)c(C(F)(F)F)c1)S(C)(=O)=O. The monoisotopic (exact) mass is 386 g/mol. The zero-order valence-corrected chi connectivity index (χ0v) is 14.9. The normalized spacial score (nSPS) is 12.7. The van der Waals surface area contributed by atoms with E-state index in [4.69, 9.17) is 11.6 Å². The summed E-state index contributed by atoms with van der Waals surface area (Å²) in [5, 5.41) is 1.84. The quantitative estimate of drug-likeness (QED) is 0.815. The van der Waals surface area contributed by atoms with Gasteiger partial charge in [0.2, 0.25) is 15.9 Å². The maximum absolute atomic E-state index is 12.8. The number of carbonyl (C=O) groups is 1. The van der Waals surface area contributed by atoms with Crippen molar-refractivity contribution in [3.8, 4) is 0 Å². The van der Waals surface area contributed by atoms with Crippen molar-refractivity contribution in [3.05, 3.63) is 28.8 Å². The molecule has 0 atom stereocenters. The predicted molar refractivity (Wildman–Crippen MR) is 86.4 cm³/mol. The Morgan fingerprint density at radius 3 is 2.38 bits per heavy atom. The largest absolute Gasteiger partial charge is 0.417 e. The van der Waals surface area contributed by atoms with Gasteiger partial charge in [0.1, 0.15) is 0 Å². The van der Waals surface area contributed by atoms with Crippen LogP contribution in [0.5, 0.6) is 0 Å². The molecular formula is C14H18ClF3N2O3S. The number of rotatable bonds is 6. The highest BCUT2D eigenvalue weighted by Gasteiger charge is 2.33. The van der Waals surface area contributed by atoms with Gasteiger partial charge in [-0.25, -0.2) is 8.42 Å². The third-order valence-electron chi connectivity index (χ3n) is 3.12. The number of carbonyl (C=O) groups excluding carboxylic acids is 1. The maximum atomic E-state index is 12.8. The highest BCUT2D eigenvalue weighted by molar-refractivity contribution is 7.88. The van der Waals surface area contributed by atoms with Crippen LogP contribution in [0.15, 0.2) is 18.2 Å². The summed E-state index contributed by atoms with van der Waals surface area (Å²) < 4.78 is 62.6. The highest BCUT2D eigenvalue weighted by Crippen LogP contribution is 2.36. The summed E-state index contributed by atoms with van der Waals surface area (Å²) in [6.45, 7) is 3.25. The Kier molecular flexibility index (Phi) is 6.66. The first-order valence-electron chi connectivity index (χ1n) is 6.95. The summed E-state index contributed by atoms with van der Waals surface area (Å²) in [5.74, 6) is -0.597. The average Bonchev–Trinajstić information content (AvgIpc) is 2.37. The summed E-state index contributed by atoms with van der Waals surface area (Å²) in [6, 6.07) is 2.68. The third-order valence-corrected chi connectivity index (χ3v) is 4.90. The van der Waals surface area contributed by atoms with E-state index in [-0.39, 0.29) is 24.7 Å². The van der Waals surface area contributed by atoms with Crippen LogP contribution in [0.2, 0.25) is 5.02 Å². The second-order valence-electron chi connectivity index (χ2n) is 5.46. The molecule has 0 spiro atoms. The van der Waals surface area contributed by atoms with Crippen LogP contribution in [0.1, 0.15) is 25.8 Å². The minimum absolute atomic E-state index is 0.0628. The first kappa shape index (κ1) is 20.7. The molecule has 0 radical (unpaired) electrons. The van der Waals surface area contributed by atoms with E-state index in [1.54, 1.807) is 13.8 Å². The molecule has 0 aliphatic carbocycles. The summed E-state index contributed by atoms with van der Waals surface area (Å²) in [6.07, 6.45) is -3.79. The van der Waals surface area contributed by atoms with Crippen LogP contribution in [0, 0.1) is 0 Å². The van der Waals surface area contributed by atoms with E-state index in [1.165, 1.54) is 6.07 Å². The fraction of sp³-hybridized carbons (Fsp3) is 0.500. The van der Waals surface area contributed by atoms with Crippen LogP contribution in [0.4, 0.5) is 18.9 Å². The Balaban J connectivity index is 2.79. The van der Waals surface area contributed by atoms with Gasteiger partial charge in [-0.05, 0) is 32.0 Å². The molecule has 0 aromatic heterocycles. The van der Waals surface area contributed by atoms with Gasteiger partial charge < -0.3 is 5.32 Å². The molecule has 0 saturated heterocycles. The maximum Gasteiger partial charge on any atom is 0.417 e. The molecule has 10 heteroatoms. The number of anilines is 1. The number of hydrogen-bond acceptors (Lipinski definition) is 3. The van der Waals surface area contributed by atoms with Crippen LogP contribution < -0.4 is 5.32 Å². The van der Waals surface area contributed by atoms with Crippen LogP contribution >= 0.6 is 11.6 Å². The molecule has 0 fully saturated rings. The number of benzene rings is 1. The lowest BCUT2D eigenvalue weighted by Crippen LogP contribution is -2.38. The van der Waals surface area contributed by atoms with Gasteiger partial charge in [0, 0.05) is 24.7 Å². The van der Waals surface area contributed by atoms with Gasteiger partial charge >= 0.3 is 6.18 Å². The number of nitrogens with zero attached hydrogens (tertiary/aromatic N) is 1. The number of nitrogens with one attached hydrogen (secondary N) is 1. The van der Waals surface area contributed by atoms with Gasteiger partial charge in [0.15, 0.2) is 0 Å². The van der Waals surface area contributed by atoms with Crippen molar-refractivity contribution in [2.45, 2.75) is 32.5 Å². The molecule has 0 heterocycles. The highest BCUT2D eigenvalue weighted by atomic mass is 35.5. The minimum Gasteiger partial charge on any atom is -0.326 e. The van der Waals surface area contributed by atoms with E-state index in [0.29, 0.717) is 0 Å². The topological polar surface area (TPSA) is 66.5 Å². The standard InChI is InChI=1S/C14H18ClF3N2O3S/c1-9(2)20(24(3,22)23)7-6-13(21)19-10-4-5-12(15)11(8-10)14(16,17)18/h4-5,8-9H,6-7H2,1-3H3,(H,19,21). The molecule has 0 aliphatic rings. The first-order chi connectivity index (χ1) is 10.8. The van der Waals surface area contributed by atoms with Gasteiger partial charge in [-0.3, -0.25) is 4.79 Å². The van der Waals surface area contributed by atoms with Gasteiger partial charge in [-0.15, -0.1) is 0 Å². The lowest BCUT2D eigenvalue weighted by molar-refractivity contribution is -0.137. The molecule has 136 valence electrons. The Morgan fingerprint density at radius 2 is 1.92 bits per heavy atom. The molecule has 1 aromatic rings. The van der Waals surface area contributed by atoms with Crippen LogP contribution in [0.25, 0.3) is 0 Å². The van der Waals surface area contributed by atoms with Crippen LogP contribution in [-0.2, 0) is 21.0 Å². The smallest absolute Gasteiger partial charge is 0.326 e. The fourth-order valence-corrected chi connectivity index (χ4v) is 3.48. The molecule has 0 aliphatic heterocycles. The molecular weight excluding hydrogens is 369 g/mol. The fourth-order valence-electron chi connectivity index (χ4n) is 2.06. The Hall–Kier alpha value is -1.32. The van der Waals surface area contributed by atoms with Crippen molar-refractivity contribution in [1.82, 2.24) is 4.31 Å². The lowest BCUT2D eigenvalue weighted by Gasteiger charge is -2.23. The summed E-state index contributed by atoms with van der Waals surface area (Å²) >= 11 is 5.50. The van der Waals surface area contributed by atoms with Crippen molar-refractivity contribution >= 4 is 33.2 Å². The number of halogens is 4. The Labute approximate surface area is 143 Å². The molecule has 24 heavy (non-hydrogen) atoms. The van der Waals surface area contributed by atoms with Gasteiger partial charge in [0.25, 0.3) is 0 Å². The van der Waals surface area contributed by atoms with Crippen molar-refractivity contribution in [1.29, 1.82) is 0 Å². The molecule has 1 aromatic carbocycles. The zero-order chi connectivity index (χ0) is 18.7. The lowest BCUT2D eigenvalue weighted by atomic mass is 10.2. The second kappa shape index (κ2) is 7.71. The first-order valence-corrected chi connectivity index (χ1v) is 9.18. The summed E-state index contributed by atoms with van der Waals surface area (Å²) in [7, 11) is -3.48. The average molecular weight is 387 g/mol. The van der Waals surface area contributed by atoms with Gasteiger partial charge in [-0.1, -0.05) is 11.6 Å². The summed E-state index contributed by atoms with van der Waals surface area (Å²) in [4.78, 5) is 11.9. The number of sulfonamides is 1. The molecule has 0 bridgehead atoms. The molecule has 0 unspecified atom stereocenters. The molecule has 0 saturated carbocycles. The second-order valence-corrected chi connectivity index (χ2v) is 7.80. The van der Waals surface area contributed by atoms with Crippen molar-refractivity contribution in [3.63, 3.8) is 0 Å². The van der Waals surface area contributed by atoms with Crippen molar-refractivity contribution < 1.29 is 26.4 Å². The third kappa shape index (κ3) is 5.95. The van der Waals surface area contributed by atoms with E-state index >= 15 is 0 Å². The van der Waals surface area contributed by atoms with Crippen molar-refractivity contribution in [2.75, 3.05) is 18.1 Å². The zero-order valence-electron chi connectivity index (χ0n) is 13.3.